The number of methoxy groups -OCH3 is 2. The van der Waals surface area contributed by atoms with Crippen LogP contribution in [0.2, 0.25) is 0 Å². The Morgan fingerprint density at radius 2 is 1.78 bits per heavy atom. The average Bonchev–Trinajstić information content (AvgIpc) is 2.61. The third-order valence-electron chi connectivity index (χ3n) is 3.44. The molecule has 0 spiro atoms. The summed E-state index contributed by atoms with van der Waals surface area (Å²) in [6.45, 7) is 1.73. The molecule has 27 heavy (non-hydrogen) atoms. The first-order chi connectivity index (χ1) is 12.8. The van der Waals surface area contributed by atoms with Crippen molar-refractivity contribution in [2.24, 2.45) is 5.10 Å². The monoisotopic (exact) mass is 562 g/mol. The molecule has 0 saturated heterocycles. The van der Waals surface area contributed by atoms with E-state index < -0.39 is 0 Å². The zero-order chi connectivity index (χ0) is 20.0. The van der Waals surface area contributed by atoms with Gasteiger partial charge in [-0.1, -0.05) is 15.9 Å². The summed E-state index contributed by atoms with van der Waals surface area (Å²) in [5.41, 5.74) is 4.01. The van der Waals surface area contributed by atoms with Crippen LogP contribution in [-0.4, -0.2) is 32.9 Å². The molecule has 0 atom stereocenters. The highest BCUT2D eigenvalue weighted by Gasteiger charge is 2.10. The van der Waals surface area contributed by atoms with Gasteiger partial charge >= 0.3 is 0 Å². The van der Waals surface area contributed by atoms with Crippen LogP contribution in [0.4, 0.5) is 0 Å². The second-order valence-electron chi connectivity index (χ2n) is 5.34. The van der Waals surface area contributed by atoms with Crippen molar-refractivity contribution >= 4 is 59.9 Å². The highest BCUT2D eigenvalue weighted by molar-refractivity contribution is 9.11. The first kappa shape index (κ1) is 21.7. The maximum absolute atomic E-state index is 12.0. The van der Waals surface area contributed by atoms with Crippen LogP contribution < -0.4 is 19.6 Å². The molecule has 144 valence electrons. The second-order valence-corrected chi connectivity index (χ2v) is 7.97. The van der Waals surface area contributed by atoms with E-state index in [4.69, 9.17) is 14.2 Å². The molecule has 1 N–H and O–H groups in total. The summed E-state index contributed by atoms with van der Waals surface area (Å²) in [4.78, 5) is 12.0. The molecule has 0 heterocycles. The van der Waals surface area contributed by atoms with Gasteiger partial charge in [0.1, 0.15) is 17.2 Å². The van der Waals surface area contributed by atoms with E-state index in [1.165, 1.54) is 6.21 Å². The highest BCUT2D eigenvalue weighted by Crippen LogP contribution is 2.33. The molecular weight excluding hydrogens is 548 g/mol. The van der Waals surface area contributed by atoms with Gasteiger partial charge in [-0.05, 0) is 62.5 Å². The van der Waals surface area contributed by atoms with Gasteiger partial charge in [-0.2, -0.15) is 5.10 Å². The normalized spacial score (nSPS) is 10.7. The minimum Gasteiger partial charge on any atom is -0.496 e. The minimum atomic E-state index is -0.382. The van der Waals surface area contributed by atoms with Crippen LogP contribution in [0.25, 0.3) is 0 Å². The second kappa shape index (κ2) is 10.1. The van der Waals surface area contributed by atoms with Crippen LogP contribution in [0.15, 0.2) is 42.8 Å². The van der Waals surface area contributed by atoms with Gasteiger partial charge in [0.2, 0.25) is 0 Å². The molecule has 2 rings (SSSR count). The first-order valence-electron chi connectivity index (χ1n) is 7.67. The Balaban J connectivity index is 1.99. The molecule has 0 aliphatic rings. The molecule has 2 aromatic rings. The smallest absolute Gasteiger partial charge is 0.277 e. The number of hydrogen-bond acceptors (Lipinski definition) is 5. The van der Waals surface area contributed by atoms with Crippen LogP contribution in [0, 0.1) is 6.92 Å². The molecule has 0 radical (unpaired) electrons. The summed E-state index contributed by atoms with van der Waals surface area (Å²) in [6, 6.07) is 7.27. The average molecular weight is 565 g/mol. The number of rotatable bonds is 7. The van der Waals surface area contributed by atoms with Crippen molar-refractivity contribution in [1.29, 1.82) is 0 Å². The summed E-state index contributed by atoms with van der Waals surface area (Å²) < 4.78 is 18.5. The highest BCUT2D eigenvalue weighted by atomic mass is 79.9. The maximum atomic E-state index is 12.0. The zero-order valence-electron chi connectivity index (χ0n) is 14.8. The SMILES string of the molecule is COc1cc(OC)c(C=NNC(=O)COc2c(C)cc(Br)cc2Br)cc1Br. The van der Waals surface area contributed by atoms with Gasteiger partial charge < -0.3 is 14.2 Å². The van der Waals surface area contributed by atoms with Crippen LogP contribution >= 0.6 is 47.8 Å². The van der Waals surface area contributed by atoms with Crippen LogP contribution in [0.5, 0.6) is 17.2 Å². The lowest BCUT2D eigenvalue weighted by atomic mass is 10.2. The van der Waals surface area contributed by atoms with E-state index in [0.717, 1.165) is 19.0 Å². The van der Waals surface area contributed by atoms with Crippen molar-refractivity contribution in [2.75, 3.05) is 20.8 Å². The van der Waals surface area contributed by atoms with Gasteiger partial charge in [-0.3, -0.25) is 4.79 Å². The lowest BCUT2D eigenvalue weighted by molar-refractivity contribution is -0.123. The predicted molar refractivity (Wildman–Crippen MR) is 115 cm³/mol. The van der Waals surface area contributed by atoms with Gasteiger partial charge in [-0.25, -0.2) is 5.43 Å². The molecule has 0 aliphatic carbocycles. The number of ether oxygens (including phenoxy) is 3. The Morgan fingerprint density at radius 1 is 1.07 bits per heavy atom. The van der Waals surface area contributed by atoms with Crippen LogP contribution in [0.1, 0.15) is 11.1 Å². The van der Waals surface area contributed by atoms with Gasteiger partial charge in [0, 0.05) is 16.1 Å². The van der Waals surface area contributed by atoms with Crippen molar-refractivity contribution in [3.05, 3.63) is 48.8 Å². The molecule has 6 nitrogen and oxygen atoms in total. The zero-order valence-corrected chi connectivity index (χ0v) is 19.6. The first-order valence-corrected chi connectivity index (χ1v) is 10.1. The third-order valence-corrected chi connectivity index (χ3v) is 5.11. The summed E-state index contributed by atoms with van der Waals surface area (Å²) >= 11 is 10.2. The Bertz CT molecular complexity index is 849. The van der Waals surface area contributed by atoms with E-state index >= 15 is 0 Å². The van der Waals surface area contributed by atoms with Gasteiger partial charge in [0.05, 0.1) is 29.4 Å². The summed E-state index contributed by atoms with van der Waals surface area (Å²) in [7, 11) is 3.11. The van der Waals surface area contributed by atoms with Crippen molar-refractivity contribution in [3.8, 4) is 17.2 Å². The number of amides is 1. The number of benzene rings is 2. The molecular formula is C18H17Br3N2O4. The van der Waals surface area contributed by atoms with Gasteiger partial charge in [0.15, 0.2) is 6.61 Å². The fourth-order valence-electron chi connectivity index (χ4n) is 2.20. The fraction of sp³-hybridized carbons (Fsp3) is 0.222. The van der Waals surface area contributed by atoms with Gasteiger partial charge in [-0.15, -0.1) is 0 Å². The van der Waals surface area contributed by atoms with E-state index in [0.29, 0.717) is 22.8 Å². The van der Waals surface area contributed by atoms with Crippen molar-refractivity contribution in [2.45, 2.75) is 6.92 Å². The molecule has 0 fully saturated rings. The fourth-order valence-corrected chi connectivity index (χ4v) is 4.28. The summed E-state index contributed by atoms with van der Waals surface area (Å²) in [5.74, 6) is 1.43. The lowest BCUT2D eigenvalue weighted by Crippen LogP contribution is -2.24. The summed E-state index contributed by atoms with van der Waals surface area (Å²) in [5, 5.41) is 3.95. The van der Waals surface area contributed by atoms with E-state index in [1.54, 1.807) is 26.4 Å². The number of hydrazone groups is 1. The molecule has 0 bridgehead atoms. The molecule has 9 heteroatoms. The minimum absolute atomic E-state index is 0.165. The molecule has 1 amide bonds. The number of halogens is 3. The van der Waals surface area contributed by atoms with Gasteiger partial charge in [0.25, 0.3) is 5.91 Å². The largest absolute Gasteiger partial charge is 0.496 e. The number of nitrogens with zero attached hydrogens (tertiary/aromatic N) is 1. The summed E-state index contributed by atoms with van der Waals surface area (Å²) in [6.07, 6.45) is 1.49. The van der Waals surface area contributed by atoms with E-state index in [1.807, 2.05) is 19.1 Å². The van der Waals surface area contributed by atoms with E-state index in [9.17, 15) is 4.79 Å². The molecule has 0 aliphatic heterocycles. The molecule has 0 unspecified atom stereocenters. The molecule has 0 aromatic heterocycles. The Hall–Kier alpha value is -1.58. The maximum Gasteiger partial charge on any atom is 0.277 e. The lowest BCUT2D eigenvalue weighted by Gasteiger charge is -2.11. The van der Waals surface area contributed by atoms with E-state index in [2.05, 4.69) is 58.3 Å². The number of nitrogens with one attached hydrogen (secondary N) is 1. The Labute approximate surface area is 182 Å². The van der Waals surface area contributed by atoms with Crippen LogP contribution in [0.3, 0.4) is 0 Å². The topological polar surface area (TPSA) is 69.2 Å². The number of aryl methyl sites for hydroxylation is 1. The van der Waals surface area contributed by atoms with Crippen molar-refractivity contribution < 1.29 is 19.0 Å². The van der Waals surface area contributed by atoms with Crippen molar-refractivity contribution in [3.63, 3.8) is 0 Å². The number of hydrogen-bond donors (Lipinski definition) is 1. The van der Waals surface area contributed by atoms with E-state index in [-0.39, 0.29) is 12.5 Å². The van der Waals surface area contributed by atoms with Crippen LogP contribution in [-0.2, 0) is 4.79 Å². The number of carbonyl (C=O) groups excluding carboxylic acids is 1. The molecule has 0 saturated carbocycles. The predicted octanol–water partition coefficient (Wildman–Crippen LogP) is 4.83. The Kier molecular flexibility index (Phi) is 8.12. The van der Waals surface area contributed by atoms with Crippen molar-refractivity contribution in [1.82, 2.24) is 5.43 Å². The Morgan fingerprint density at radius 3 is 2.41 bits per heavy atom. The molecule has 2 aromatic carbocycles. The third kappa shape index (κ3) is 5.95. The standard InChI is InChI=1S/C18H17Br3N2O4/c1-10-4-12(19)6-14(21)18(10)27-9-17(24)23-22-8-11-5-13(20)16(26-3)7-15(11)25-2/h4-8H,9H2,1-3H3,(H,23,24). The quantitative estimate of drug-likeness (QED) is 0.386. The number of carbonyl (C=O) groups is 1.